The Bertz CT molecular complexity index is 1720. The third kappa shape index (κ3) is 6.96. The molecular weight excluding hydrogens is 650 g/mol. The highest BCUT2D eigenvalue weighted by Gasteiger charge is 2.41. The van der Waals surface area contributed by atoms with E-state index in [2.05, 4.69) is 47.5 Å². The molecule has 2 bridgehead atoms. The number of carbonyl (C=O) groups excluding carboxylic acids is 1. The molecule has 45 heavy (non-hydrogen) atoms. The molecule has 0 aromatic carbocycles. The fraction of sp³-hybridized carbons (Fsp3) is 0.542. The van der Waals surface area contributed by atoms with E-state index in [4.69, 9.17) is 33.3 Å². The number of nitrogens with one attached hydrogen (secondary N) is 2. The summed E-state index contributed by atoms with van der Waals surface area (Å²) in [5.41, 5.74) is 6.79. The molecule has 0 saturated carbocycles. The van der Waals surface area contributed by atoms with Gasteiger partial charge in [0.05, 0.1) is 38.5 Å². The van der Waals surface area contributed by atoms with Gasteiger partial charge in [-0.05, 0) is 0 Å². The first-order valence-electron chi connectivity index (χ1n) is 13.9. The topological polar surface area (TPSA) is 218 Å². The van der Waals surface area contributed by atoms with Gasteiger partial charge in [0.2, 0.25) is 19.4 Å². The highest BCUT2D eigenvalue weighted by Crippen LogP contribution is 2.49. The Morgan fingerprint density at radius 3 is 2.87 bits per heavy atom. The van der Waals surface area contributed by atoms with E-state index >= 15 is 0 Å². The number of anilines is 2. The van der Waals surface area contributed by atoms with Crippen molar-refractivity contribution in [2.75, 3.05) is 31.4 Å². The Morgan fingerprint density at radius 1 is 1.24 bits per heavy atom. The van der Waals surface area contributed by atoms with E-state index in [1.54, 1.807) is 36.4 Å². The van der Waals surface area contributed by atoms with Crippen LogP contribution in [0.2, 0.25) is 0 Å². The van der Waals surface area contributed by atoms with E-state index in [1.165, 1.54) is 12.7 Å². The number of rotatable bonds is 6. The lowest BCUT2D eigenvalue weighted by Gasteiger charge is -2.28. The molecule has 242 valence electrons. The third-order valence-corrected chi connectivity index (χ3v) is 9.38. The molecule has 2 aliphatic heterocycles. The summed E-state index contributed by atoms with van der Waals surface area (Å²) in [5, 5.41) is 2.62. The second-order valence-corrected chi connectivity index (χ2v) is 13.2. The number of hydrogen-bond acceptors (Lipinski definition) is 15. The van der Waals surface area contributed by atoms with E-state index in [-0.39, 0.29) is 57.0 Å². The summed E-state index contributed by atoms with van der Waals surface area (Å²) in [5.74, 6) is -0.327. The number of nitrogens with two attached hydrogens (primary N) is 1. The van der Waals surface area contributed by atoms with Gasteiger partial charge in [0, 0.05) is 19.4 Å². The maximum Gasteiger partial charge on any atom is 0.280 e. The van der Waals surface area contributed by atoms with Crippen molar-refractivity contribution < 1.29 is 32.4 Å². The fourth-order valence-electron chi connectivity index (χ4n) is 4.89. The van der Waals surface area contributed by atoms with Crippen LogP contribution in [0.25, 0.3) is 22.3 Å². The Morgan fingerprint density at radius 2 is 2.07 bits per heavy atom. The number of fused-ring (bicyclic) bond motifs is 4. The number of amides is 1. The lowest BCUT2D eigenvalue weighted by Crippen LogP contribution is -2.36. The van der Waals surface area contributed by atoms with Gasteiger partial charge in [0.25, 0.3) is 5.56 Å². The van der Waals surface area contributed by atoms with E-state index in [0.717, 1.165) is 0 Å². The second kappa shape index (κ2) is 13.9. The average molecular weight is 683 g/mol. The highest BCUT2D eigenvalue weighted by atomic mass is 32.7. The molecule has 4 aromatic rings. The largest absolute Gasteiger partial charge is 0.382 e. The summed E-state index contributed by atoms with van der Waals surface area (Å²) in [4.78, 5) is 48.9. The van der Waals surface area contributed by atoms with E-state index < -0.39 is 43.8 Å². The van der Waals surface area contributed by atoms with Crippen molar-refractivity contribution in [1.82, 2.24) is 39.0 Å². The molecule has 0 aliphatic carbocycles. The zero-order valence-corrected chi connectivity index (χ0v) is 27.2. The molecule has 4 N–H and O–H groups in total. The van der Waals surface area contributed by atoms with Gasteiger partial charge >= 0.3 is 0 Å². The quantitative estimate of drug-likeness (QED) is 0.169. The molecule has 6 rings (SSSR count). The number of imidazole rings is 2. The van der Waals surface area contributed by atoms with Crippen molar-refractivity contribution in [1.29, 1.82) is 0 Å². The van der Waals surface area contributed by atoms with Gasteiger partial charge in [-0.25, -0.2) is 19.9 Å². The number of aromatic nitrogens is 8. The van der Waals surface area contributed by atoms with Gasteiger partial charge in [-0.15, -0.1) is 0 Å². The van der Waals surface area contributed by atoms with Gasteiger partial charge < -0.3 is 37.9 Å². The smallest absolute Gasteiger partial charge is 0.280 e. The third-order valence-electron chi connectivity index (χ3n) is 7.24. The number of nitrogens with zero attached hydrogens (tertiary/aromatic N) is 7. The normalized spacial score (nSPS) is 27.0. The van der Waals surface area contributed by atoms with Crippen LogP contribution in [-0.2, 0) is 38.9 Å². The van der Waals surface area contributed by atoms with Gasteiger partial charge in [-0.3, -0.25) is 24.5 Å². The number of aromatic amines is 1. The SMILES string of the molecule is COC1COP(S)OC2CC(COPOC1Cn1cnc3c(N)ncnc31)OC2n1cnc2c(=O)[nH]c(NC(=O)C(C)C)nc21. The minimum atomic E-state index is -1.72. The van der Waals surface area contributed by atoms with Crippen LogP contribution >= 0.6 is 28.9 Å². The highest BCUT2D eigenvalue weighted by molar-refractivity contribution is 8.41. The second-order valence-electron chi connectivity index (χ2n) is 10.6. The molecular formula is C24H32N10O8P2S. The predicted molar refractivity (Wildman–Crippen MR) is 167 cm³/mol. The molecule has 7 atom stereocenters. The zero-order valence-electron chi connectivity index (χ0n) is 24.4. The van der Waals surface area contributed by atoms with Gasteiger partial charge in [-0.2, -0.15) is 4.98 Å². The van der Waals surface area contributed by atoms with Crippen LogP contribution in [0.1, 0.15) is 26.5 Å². The number of methoxy groups -OCH3 is 1. The van der Waals surface area contributed by atoms with E-state index in [0.29, 0.717) is 24.1 Å². The van der Waals surface area contributed by atoms with Crippen LogP contribution in [0.4, 0.5) is 11.8 Å². The van der Waals surface area contributed by atoms with Crippen LogP contribution < -0.4 is 16.6 Å². The van der Waals surface area contributed by atoms with E-state index in [1.807, 2.05) is 0 Å². The number of thiol groups is 1. The summed E-state index contributed by atoms with van der Waals surface area (Å²) < 4.78 is 39.8. The number of H-pyrrole nitrogens is 1. The van der Waals surface area contributed by atoms with Crippen molar-refractivity contribution >= 4 is 68.9 Å². The lowest BCUT2D eigenvalue weighted by atomic mass is 10.2. The summed E-state index contributed by atoms with van der Waals surface area (Å²) in [7, 11) is -0.516. The zero-order chi connectivity index (χ0) is 31.7. The van der Waals surface area contributed by atoms with Crippen molar-refractivity contribution in [2.24, 2.45) is 5.92 Å². The van der Waals surface area contributed by atoms with Gasteiger partial charge in [0.1, 0.15) is 30.2 Å². The Labute approximate surface area is 264 Å². The van der Waals surface area contributed by atoms with Gasteiger partial charge in [0.15, 0.2) is 37.9 Å². The first-order chi connectivity index (χ1) is 21.7. The molecule has 2 fully saturated rings. The molecule has 21 heteroatoms. The van der Waals surface area contributed by atoms with Crippen molar-refractivity contribution in [2.45, 2.75) is 57.5 Å². The van der Waals surface area contributed by atoms with Crippen LogP contribution in [0, 0.1) is 5.92 Å². The Kier molecular flexibility index (Phi) is 9.89. The minimum absolute atomic E-state index is 0.00309. The molecule has 6 heterocycles. The molecule has 18 nitrogen and oxygen atoms in total. The van der Waals surface area contributed by atoms with Crippen LogP contribution in [0.5, 0.6) is 0 Å². The molecule has 1 amide bonds. The van der Waals surface area contributed by atoms with Crippen LogP contribution in [0.15, 0.2) is 23.8 Å². The summed E-state index contributed by atoms with van der Waals surface area (Å²) in [6.07, 6.45) is 2.12. The number of hydrogen-bond donors (Lipinski definition) is 4. The monoisotopic (exact) mass is 682 g/mol. The van der Waals surface area contributed by atoms with Crippen molar-refractivity contribution in [3.05, 3.63) is 29.3 Å². The predicted octanol–water partition coefficient (Wildman–Crippen LogP) is 1.92. The molecule has 2 aliphatic rings. The Balaban J connectivity index is 1.20. The molecule has 4 aromatic heterocycles. The van der Waals surface area contributed by atoms with Crippen molar-refractivity contribution in [3.8, 4) is 0 Å². The summed E-state index contributed by atoms with van der Waals surface area (Å²) in [6.45, 7) is 4.07. The van der Waals surface area contributed by atoms with Crippen molar-refractivity contribution in [3.63, 3.8) is 0 Å². The van der Waals surface area contributed by atoms with Crippen LogP contribution in [0.3, 0.4) is 0 Å². The molecule has 2 saturated heterocycles. The lowest BCUT2D eigenvalue weighted by molar-refractivity contribution is -0.118. The Hall–Kier alpha value is -2.86. The fourth-order valence-corrected chi connectivity index (χ4v) is 6.88. The number of carbonyl (C=O) groups is 1. The molecule has 0 spiro atoms. The number of ether oxygens (including phenoxy) is 2. The number of nitrogen functional groups attached to an aromatic ring is 1. The average Bonchev–Trinajstić information content (AvgIpc) is 3.73. The van der Waals surface area contributed by atoms with Crippen LogP contribution in [-0.4, -0.2) is 89.7 Å². The first-order valence-corrected chi connectivity index (χ1v) is 17.0. The maximum absolute atomic E-state index is 12.7. The minimum Gasteiger partial charge on any atom is -0.382 e. The van der Waals surface area contributed by atoms with E-state index in [9.17, 15) is 9.59 Å². The summed E-state index contributed by atoms with van der Waals surface area (Å²) in [6, 6.07) is 0. The first kappa shape index (κ1) is 32.1. The standard InChI is InChI=1S/C24H32N10O8P2S/c1-11(2)21(35)31-24-30-20-17(22(36)32-24)29-10-34(20)23-13-4-12(40-23)6-38-43-41-14(15(37-3)7-39-44(45)42-13)5-33-9-28-16-18(25)26-8-27-19(16)33/h8-15,23,43,45H,4-7H2,1-3H3,(H2,25,26,27)(H2,30,31,32,35,36). The molecule has 0 radical (unpaired) electrons. The summed E-state index contributed by atoms with van der Waals surface area (Å²) >= 11 is 4.59. The molecule has 7 unspecified atom stereocenters. The maximum atomic E-state index is 12.7. The van der Waals surface area contributed by atoms with Gasteiger partial charge in [-0.1, -0.05) is 26.1 Å².